The average Bonchev–Trinajstić information content (AvgIpc) is 3.17. The van der Waals surface area contributed by atoms with Gasteiger partial charge in [0.15, 0.2) is 4.87 Å². The molecule has 0 aromatic heterocycles. The van der Waals surface area contributed by atoms with Crippen molar-refractivity contribution in [2.75, 3.05) is 20.3 Å². The lowest BCUT2D eigenvalue weighted by Gasteiger charge is -2.45. The number of thioether (sulfide) groups is 1. The van der Waals surface area contributed by atoms with Crippen molar-refractivity contribution in [3.8, 4) is 5.75 Å². The zero-order valence-electron chi connectivity index (χ0n) is 17.5. The third-order valence-electron chi connectivity index (χ3n) is 5.66. The number of hydrogen-bond donors (Lipinski definition) is 1. The van der Waals surface area contributed by atoms with Crippen molar-refractivity contribution in [2.24, 2.45) is 16.8 Å². The van der Waals surface area contributed by atoms with E-state index in [2.05, 4.69) is 5.10 Å². The molecule has 4 rings (SSSR count). The lowest BCUT2D eigenvalue weighted by molar-refractivity contribution is -0.147. The van der Waals surface area contributed by atoms with E-state index in [9.17, 15) is 18.0 Å². The number of hydrazone groups is 1. The van der Waals surface area contributed by atoms with Crippen molar-refractivity contribution in [3.05, 3.63) is 65.0 Å². The number of nitrogens with zero attached hydrogens (tertiary/aromatic N) is 2. The van der Waals surface area contributed by atoms with Crippen molar-refractivity contribution < 1.29 is 27.4 Å². The van der Waals surface area contributed by atoms with E-state index in [4.69, 9.17) is 15.2 Å². The number of ether oxygens (including phenoxy) is 2. The van der Waals surface area contributed by atoms with Gasteiger partial charge in [-0.1, -0.05) is 11.8 Å². The number of methoxy groups -OCH3 is 1. The van der Waals surface area contributed by atoms with Crippen LogP contribution in [0.25, 0.3) is 0 Å². The largest absolute Gasteiger partial charge is 0.493 e. The highest BCUT2D eigenvalue weighted by Crippen LogP contribution is 2.57. The molecule has 32 heavy (non-hydrogen) atoms. The maximum Gasteiger partial charge on any atom is 0.273 e. The monoisotopic (exact) mass is 465 g/mol. The standard InChI is InChI=1S/C22H22F3N3O3S/c1-12(30-2)21(29)28-22(32-20(27-28)16-9-14(23)3-5-18(16)25)13(7-8-26)11-31-19-6-4-15(24)10-17(19)22/h3-6,9-10,12-13H,7-8,11,26H2,1-2H3/t12-,13?,22?/m0/s1. The summed E-state index contributed by atoms with van der Waals surface area (Å²) in [5, 5.41) is 5.72. The Morgan fingerprint density at radius 2 is 2.03 bits per heavy atom. The highest BCUT2D eigenvalue weighted by molar-refractivity contribution is 8.15. The van der Waals surface area contributed by atoms with Gasteiger partial charge in [-0.25, -0.2) is 18.2 Å². The lowest BCUT2D eigenvalue weighted by atomic mass is 9.86. The molecule has 2 aliphatic heterocycles. The SMILES string of the molecule is CO[C@@H](C)C(=O)N1N=C(c2cc(F)ccc2F)SC12c1cc(F)ccc1OCC2CCN. The van der Waals surface area contributed by atoms with Gasteiger partial charge in [-0.15, -0.1) is 0 Å². The van der Waals surface area contributed by atoms with Crippen molar-refractivity contribution in [3.63, 3.8) is 0 Å². The summed E-state index contributed by atoms with van der Waals surface area (Å²) in [6.45, 7) is 2.01. The molecule has 3 atom stereocenters. The molecule has 170 valence electrons. The van der Waals surface area contributed by atoms with Crippen LogP contribution in [0, 0.1) is 23.4 Å². The van der Waals surface area contributed by atoms with E-state index in [0.29, 0.717) is 17.7 Å². The van der Waals surface area contributed by atoms with Crippen molar-refractivity contribution in [1.82, 2.24) is 5.01 Å². The van der Waals surface area contributed by atoms with Crippen LogP contribution < -0.4 is 10.5 Å². The van der Waals surface area contributed by atoms with E-state index in [-0.39, 0.29) is 23.8 Å². The summed E-state index contributed by atoms with van der Waals surface area (Å²) < 4.78 is 54.0. The number of fused-ring (bicyclic) bond motifs is 2. The van der Waals surface area contributed by atoms with Crippen LogP contribution >= 0.6 is 11.8 Å². The van der Waals surface area contributed by atoms with Crippen LogP contribution in [0.15, 0.2) is 41.5 Å². The van der Waals surface area contributed by atoms with Crippen LogP contribution in [0.2, 0.25) is 0 Å². The third kappa shape index (κ3) is 3.66. The molecule has 2 aliphatic rings. The van der Waals surface area contributed by atoms with Gasteiger partial charge in [0.25, 0.3) is 5.91 Å². The number of carbonyl (C=O) groups excluding carboxylic acids is 1. The summed E-state index contributed by atoms with van der Waals surface area (Å²) in [6.07, 6.45) is -0.464. The van der Waals surface area contributed by atoms with Crippen LogP contribution in [0.3, 0.4) is 0 Å². The Morgan fingerprint density at radius 3 is 2.75 bits per heavy atom. The van der Waals surface area contributed by atoms with Gasteiger partial charge < -0.3 is 15.2 Å². The molecule has 2 unspecified atom stereocenters. The number of hydrogen-bond acceptors (Lipinski definition) is 6. The van der Waals surface area contributed by atoms with E-state index in [1.807, 2.05) is 0 Å². The second kappa shape index (κ2) is 8.76. The number of nitrogens with two attached hydrogens (primary N) is 1. The number of carbonyl (C=O) groups is 1. The summed E-state index contributed by atoms with van der Waals surface area (Å²) in [7, 11) is 1.38. The quantitative estimate of drug-likeness (QED) is 0.731. The molecule has 2 aromatic rings. The molecule has 10 heteroatoms. The zero-order valence-corrected chi connectivity index (χ0v) is 18.3. The van der Waals surface area contributed by atoms with Gasteiger partial charge in [0.1, 0.15) is 34.3 Å². The summed E-state index contributed by atoms with van der Waals surface area (Å²) in [5.74, 6) is -2.40. The Kier molecular flexibility index (Phi) is 6.19. The zero-order chi connectivity index (χ0) is 23.0. The van der Waals surface area contributed by atoms with Gasteiger partial charge >= 0.3 is 0 Å². The molecule has 0 saturated carbocycles. The normalized spacial score (nSPS) is 23.0. The summed E-state index contributed by atoms with van der Waals surface area (Å²) in [6, 6.07) is 7.04. The summed E-state index contributed by atoms with van der Waals surface area (Å²) in [4.78, 5) is 12.1. The highest BCUT2D eigenvalue weighted by Gasteiger charge is 2.57. The van der Waals surface area contributed by atoms with Gasteiger partial charge in [0, 0.05) is 24.2 Å². The van der Waals surface area contributed by atoms with Crippen LogP contribution in [0.5, 0.6) is 5.75 Å². The third-order valence-corrected chi connectivity index (χ3v) is 7.19. The molecule has 0 fully saturated rings. The summed E-state index contributed by atoms with van der Waals surface area (Å²) in [5.41, 5.74) is 6.13. The maximum absolute atomic E-state index is 14.6. The predicted molar refractivity (Wildman–Crippen MR) is 115 cm³/mol. The van der Waals surface area contributed by atoms with Crippen LogP contribution in [-0.2, 0) is 14.4 Å². The van der Waals surface area contributed by atoms with E-state index >= 15 is 0 Å². The van der Waals surface area contributed by atoms with E-state index < -0.39 is 40.3 Å². The highest BCUT2D eigenvalue weighted by atomic mass is 32.2. The second-order valence-electron chi connectivity index (χ2n) is 7.58. The Balaban J connectivity index is 1.94. The van der Waals surface area contributed by atoms with E-state index in [1.54, 1.807) is 6.92 Å². The fraction of sp³-hybridized carbons (Fsp3) is 0.364. The number of benzene rings is 2. The number of halogens is 3. The van der Waals surface area contributed by atoms with Gasteiger partial charge in [-0.3, -0.25) is 4.79 Å². The summed E-state index contributed by atoms with van der Waals surface area (Å²) >= 11 is 1.06. The lowest BCUT2D eigenvalue weighted by Crippen LogP contribution is -2.53. The minimum Gasteiger partial charge on any atom is -0.493 e. The fourth-order valence-electron chi connectivity index (χ4n) is 3.97. The molecule has 1 spiro atoms. The van der Waals surface area contributed by atoms with Gasteiger partial charge in [0.05, 0.1) is 6.61 Å². The smallest absolute Gasteiger partial charge is 0.273 e. The Morgan fingerprint density at radius 1 is 1.31 bits per heavy atom. The first kappa shape index (κ1) is 22.6. The molecule has 0 radical (unpaired) electrons. The van der Waals surface area contributed by atoms with Crippen molar-refractivity contribution in [2.45, 2.75) is 24.3 Å². The fourth-order valence-corrected chi connectivity index (χ4v) is 5.49. The molecular weight excluding hydrogens is 443 g/mol. The van der Waals surface area contributed by atoms with Crippen LogP contribution in [0.4, 0.5) is 13.2 Å². The first-order chi connectivity index (χ1) is 15.3. The minimum atomic E-state index is -1.27. The number of rotatable bonds is 5. The molecular formula is C22H22F3N3O3S. The molecule has 2 aromatic carbocycles. The van der Waals surface area contributed by atoms with Gasteiger partial charge in [-0.2, -0.15) is 5.10 Å². The van der Waals surface area contributed by atoms with Crippen LogP contribution in [-0.4, -0.2) is 42.3 Å². The predicted octanol–water partition coefficient (Wildman–Crippen LogP) is 3.59. The number of amides is 1. The first-order valence-electron chi connectivity index (χ1n) is 10.0. The van der Waals surface area contributed by atoms with Crippen molar-refractivity contribution in [1.29, 1.82) is 0 Å². The van der Waals surface area contributed by atoms with Crippen molar-refractivity contribution >= 4 is 22.7 Å². The molecule has 2 heterocycles. The van der Waals surface area contributed by atoms with E-state index in [0.717, 1.165) is 30.0 Å². The molecule has 2 N–H and O–H groups in total. The molecule has 6 nitrogen and oxygen atoms in total. The van der Waals surface area contributed by atoms with Crippen LogP contribution in [0.1, 0.15) is 24.5 Å². The second-order valence-corrected chi connectivity index (χ2v) is 8.79. The topological polar surface area (TPSA) is 77.1 Å². The molecule has 0 saturated heterocycles. The average molecular weight is 465 g/mol. The van der Waals surface area contributed by atoms with Gasteiger partial charge in [0.2, 0.25) is 0 Å². The molecule has 0 bridgehead atoms. The first-order valence-corrected chi connectivity index (χ1v) is 10.9. The minimum absolute atomic E-state index is 0.0920. The molecule has 0 aliphatic carbocycles. The Hall–Kier alpha value is -2.56. The Labute approximate surface area is 187 Å². The maximum atomic E-state index is 14.6. The van der Waals surface area contributed by atoms with Gasteiger partial charge in [-0.05, 0) is 56.3 Å². The van der Waals surface area contributed by atoms with E-state index in [1.165, 1.54) is 30.3 Å². The Bertz CT molecular complexity index is 1080. The molecule has 1 amide bonds.